The summed E-state index contributed by atoms with van der Waals surface area (Å²) in [5.41, 5.74) is 2.79. The molecule has 0 radical (unpaired) electrons. The second kappa shape index (κ2) is 10.7. The van der Waals surface area contributed by atoms with Crippen molar-refractivity contribution in [2.75, 3.05) is 32.8 Å². The first kappa shape index (κ1) is 20.2. The Balaban J connectivity index is 1.43. The van der Waals surface area contributed by atoms with Crippen LogP contribution in [-0.4, -0.2) is 48.8 Å². The first-order valence-corrected chi connectivity index (χ1v) is 9.80. The molecule has 0 bridgehead atoms. The molecule has 0 spiro atoms. The van der Waals surface area contributed by atoms with Crippen molar-refractivity contribution in [3.63, 3.8) is 0 Å². The second-order valence-corrected chi connectivity index (χ2v) is 7.00. The van der Waals surface area contributed by atoms with E-state index in [1.165, 1.54) is 0 Å². The van der Waals surface area contributed by atoms with Crippen molar-refractivity contribution in [2.24, 2.45) is 16.1 Å². The minimum absolute atomic E-state index is 0.240. The van der Waals surface area contributed by atoms with Crippen molar-refractivity contribution >= 4 is 17.3 Å². The van der Waals surface area contributed by atoms with E-state index in [9.17, 15) is 4.79 Å². The summed E-state index contributed by atoms with van der Waals surface area (Å²) in [6.07, 6.45) is 2.49. The molecular weight excluding hydrogens is 354 g/mol. The van der Waals surface area contributed by atoms with Gasteiger partial charge in [0.25, 0.3) is 0 Å². The van der Waals surface area contributed by atoms with Crippen LogP contribution >= 0.6 is 0 Å². The van der Waals surface area contributed by atoms with E-state index < -0.39 is 5.97 Å². The lowest BCUT2D eigenvalue weighted by Crippen LogP contribution is -2.40. The van der Waals surface area contributed by atoms with Gasteiger partial charge < -0.3 is 14.7 Å². The molecule has 1 aliphatic heterocycles. The largest absolute Gasteiger partial charge is 0.481 e. The Bertz CT molecular complexity index is 780. The number of rotatable bonds is 9. The summed E-state index contributed by atoms with van der Waals surface area (Å²) < 4.78 is 5.79. The summed E-state index contributed by atoms with van der Waals surface area (Å²) in [6.45, 7) is 3.57. The Morgan fingerprint density at radius 1 is 1.07 bits per heavy atom. The molecule has 1 heterocycles. The van der Waals surface area contributed by atoms with Crippen LogP contribution in [0.2, 0.25) is 0 Å². The van der Waals surface area contributed by atoms with Crippen molar-refractivity contribution in [1.82, 2.24) is 4.90 Å². The zero-order chi connectivity index (χ0) is 19.6. The summed E-state index contributed by atoms with van der Waals surface area (Å²) in [4.78, 5) is 13.3. The summed E-state index contributed by atoms with van der Waals surface area (Å²) in [6, 6.07) is 17.6. The molecule has 0 saturated carbocycles. The number of azo groups is 1. The third-order valence-corrected chi connectivity index (χ3v) is 4.94. The molecule has 1 unspecified atom stereocenters. The van der Waals surface area contributed by atoms with Crippen LogP contribution in [0.5, 0.6) is 0 Å². The number of carboxylic acids is 1. The van der Waals surface area contributed by atoms with Crippen LogP contribution < -0.4 is 0 Å². The SMILES string of the molecule is O=C(O)C1CCCN(CCOCCc2ccccc2N=Nc2ccccc2)C1. The van der Waals surface area contributed by atoms with Gasteiger partial charge in [0.05, 0.1) is 30.5 Å². The minimum atomic E-state index is -0.688. The smallest absolute Gasteiger partial charge is 0.307 e. The normalized spacial score (nSPS) is 17.8. The van der Waals surface area contributed by atoms with E-state index in [0.717, 1.165) is 49.3 Å². The zero-order valence-corrected chi connectivity index (χ0v) is 16.0. The fourth-order valence-corrected chi connectivity index (χ4v) is 3.36. The van der Waals surface area contributed by atoms with Gasteiger partial charge in [-0.25, -0.2) is 0 Å². The van der Waals surface area contributed by atoms with Gasteiger partial charge in [-0.3, -0.25) is 4.79 Å². The van der Waals surface area contributed by atoms with Gasteiger partial charge in [0.2, 0.25) is 0 Å². The van der Waals surface area contributed by atoms with Gasteiger partial charge in [0.15, 0.2) is 0 Å². The molecular formula is C22H27N3O3. The molecule has 0 aromatic heterocycles. The number of carbonyl (C=O) groups is 1. The quantitative estimate of drug-likeness (QED) is 0.514. The van der Waals surface area contributed by atoms with Crippen LogP contribution in [0.1, 0.15) is 18.4 Å². The van der Waals surface area contributed by atoms with Crippen LogP contribution in [0.25, 0.3) is 0 Å². The van der Waals surface area contributed by atoms with Crippen LogP contribution in [0.15, 0.2) is 64.8 Å². The number of nitrogens with zero attached hydrogens (tertiary/aromatic N) is 3. The molecule has 0 aliphatic carbocycles. The Kier molecular flexibility index (Phi) is 7.70. The van der Waals surface area contributed by atoms with Crippen molar-refractivity contribution in [3.8, 4) is 0 Å². The maximum Gasteiger partial charge on any atom is 0.307 e. The maximum absolute atomic E-state index is 11.1. The number of aliphatic carboxylic acids is 1. The molecule has 6 heteroatoms. The molecule has 1 N–H and O–H groups in total. The lowest BCUT2D eigenvalue weighted by molar-refractivity contribution is -0.143. The molecule has 3 rings (SSSR count). The van der Waals surface area contributed by atoms with E-state index >= 15 is 0 Å². The fourth-order valence-electron chi connectivity index (χ4n) is 3.36. The molecule has 148 valence electrons. The first-order chi connectivity index (χ1) is 13.7. The molecule has 28 heavy (non-hydrogen) atoms. The molecule has 1 saturated heterocycles. The van der Waals surface area contributed by atoms with Crippen molar-refractivity contribution in [2.45, 2.75) is 19.3 Å². The maximum atomic E-state index is 11.1. The highest BCUT2D eigenvalue weighted by Crippen LogP contribution is 2.22. The molecule has 0 amide bonds. The van der Waals surface area contributed by atoms with Crippen molar-refractivity contribution in [3.05, 3.63) is 60.2 Å². The monoisotopic (exact) mass is 381 g/mol. The molecule has 1 aliphatic rings. The van der Waals surface area contributed by atoms with E-state index in [1.54, 1.807) is 0 Å². The van der Waals surface area contributed by atoms with Gasteiger partial charge in [0.1, 0.15) is 0 Å². The number of likely N-dealkylation sites (tertiary alicyclic amines) is 1. The lowest BCUT2D eigenvalue weighted by atomic mass is 9.98. The Hall–Kier alpha value is -2.57. The first-order valence-electron chi connectivity index (χ1n) is 9.80. The molecule has 6 nitrogen and oxygen atoms in total. The number of ether oxygens (including phenoxy) is 1. The fraction of sp³-hybridized carbons (Fsp3) is 0.409. The van der Waals surface area contributed by atoms with Gasteiger partial charge in [-0.05, 0) is 49.6 Å². The predicted molar refractivity (Wildman–Crippen MR) is 108 cm³/mol. The van der Waals surface area contributed by atoms with Gasteiger partial charge >= 0.3 is 5.97 Å². The Morgan fingerprint density at radius 3 is 2.68 bits per heavy atom. The van der Waals surface area contributed by atoms with Crippen LogP contribution in [0.3, 0.4) is 0 Å². The van der Waals surface area contributed by atoms with Gasteiger partial charge in [-0.15, -0.1) is 0 Å². The summed E-state index contributed by atoms with van der Waals surface area (Å²) in [5, 5.41) is 17.8. The van der Waals surface area contributed by atoms with Crippen LogP contribution in [-0.2, 0) is 16.0 Å². The highest BCUT2D eigenvalue weighted by Gasteiger charge is 2.24. The van der Waals surface area contributed by atoms with Crippen molar-refractivity contribution in [1.29, 1.82) is 0 Å². The topological polar surface area (TPSA) is 74.5 Å². The highest BCUT2D eigenvalue weighted by atomic mass is 16.5. The van der Waals surface area contributed by atoms with Crippen LogP contribution in [0.4, 0.5) is 11.4 Å². The number of carboxylic acid groups (broad SMARTS) is 1. The van der Waals surface area contributed by atoms with E-state index in [-0.39, 0.29) is 5.92 Å². The number of benzene rings is 2. The number of piperidine rings is 1. The molecule has 2 aromatic carbocycles. The van der Waals surface area contributed by atoms with E-state index in [1.807, 2.05) is 54.6 Å². The standard InChI is InChI=1S/C22H27N3O3/c26-22(27)19-8-6-13-25(17-19)14-16-28-15-12-18-7-4-5-11-21(18)24-23-20-9-2-1-3-10-20/h1-5,7,9-11,19H,6,8,12-17H2,(H,26,27). The minimum Gasteiger partial charge on any atom is -0.481 e. The summed E-state index contributed by atoms with van der Waals surface area (Å²) in [7, 11) is 0. The summed E-state index contributed by atoms with van der Waals surface area (Å²) in [5.74, 6) is -0.928. The summed E-state index contributed by atoms with van der Waals surface area (Å²) >= 11 is 0. The number of hydrogen-bond donors (Lipinski definition) is 1. The Morgan fingerprint density at radius 2 is 1.86 bits per heavy atom. The van der Waals surface area contributed by atoms with Gasteiger partial charge in [-0.2, -0.15) is 10.2 Å². The Labute approximate surface area is 165 Å². The second-order valence-electron chi connectivity index (χ2n) is 7.00. The van der Waals surface area contributed by atoms with Crippen LogP contribution in [0, 0.1) is 5.92 Å². The van der Waals surface area contributed by atoms with Gasteiger partial charge in [-0.1, -0.05) is 36.4 Å². The molecule has 2 aromatic rings. The predicted octanol–water partition coefficient (Wildman–Crippen LogP) is 4.46. The number of hydrogen-bond acceptors (Lipinski definition) is 5. The zero-order valence-electron chi connectivity index (χ0n) is 16.0. The average molecular weight is 381 g/mol. The van der Waals surface area contributed by atoms with Crippen molar-refractivity contribution < 1.29 is 14.6 Å². The van der Waals surface area contributed by atoms with E-state index in [4.69, 9.17) is 9.84 Å². The lowest BCUT2D eigenvalue weighted by Gasteiger charge is -2.30. The van der Waals surface area contributed by atoms with E-state index in [2.05, 4.69) is 15.1 Å². The highest BCUT2D eigenvalue weighted by molar-refractivity contribution is 5.70. The third-order valence-electron chi connectivity index (χ3n) is 4.94. The molecule has 1 atom stereocenters. The third kappa shape index (κ3) is 6.25. The molecule has 1 fully saturated rings. The van der Waals surface area contributed by atoms with E-state index in [0.29, 0.717) is 19.8 Å². The average Bonchev–Trinajstić information content (AvgIpc) is 2.73. The van der Waals surface area contributed by atoms with Gasteiger partial charge in [0, 0.05) is 13.1 Å².